The highest BCUT2D eigenvalue weighted by molar-refractivity contribution is 9.10. The lowest BCUT2D eigenvalue weighted by atomic mass is 10.2. The van der Waals surface area contributed by atoms with Crippen LogP contribution in [-0.4, -0.2) is 5.91 Å². The molecule has 0 saturated carbocycles. The molecule has 2 heterocycles. The van der Waals surface area contributed by atoms with Crippen LogP contribution in [0.4, 0.5) is 11.4 Å². The van der Waals surface area contributed by atoms with Gasteiger partial charge in [0.2, 0.25) is 0 Å². The number of carbonyl (C=O) groups is 1. The summed E-state index contributed by atoms with van der Waals surface area (Å²) in [6.45, 7) is 0. The maximum Gasteiger partial charge on any atom is 0.298 e. The van der Waals surface area contributed by atoms with Crippen LogP contribution in [0.15, 0.2) is 91.5 Å². The molecule has 0 atom stereocenters. The quantitative estimate of drug-likeness (QED) is 0.268. The van der Waals surface area contributed by atoms with Gasteiger partial charge in [-0.1, -0.05) is 47.1 Å². The van der Waals surface area contributed by atoms with Crippen molar-refractivity contribution in [3.05, 3.63) is 93.1 Å². The molecule has 148 valence electrons. The Balaban J connectivity index is 1.59. The van der Waals surface area contributed by atoms with Gasteiger partial charge in [-0.3, -0.25) is 9.69 Å². The van der Waals surface area contributed by atoms with E-state index in [0.717, 1.165) is 31.2 Å². The van der Waals surface area contributed by atoms with Gasteiger partial charge in [-0.15, -0.1) is 0 Å². The summed E-state index contributed by atoms with van der Waals surface area (Å²) in [6.07, 6.45) is 0. The number of para-hydroxylation sites is 1. The van der Waals surface area contributed by atoms with E-state index in [1.165, 1.54) is 0 Å². The maximum atomic E-state index is 13.6. The molecule has 7 heteroatoms. The number of benzene rings is 3. The van der Waals surface area contributed by atoms with Crippen LogP contribution < -0.4 is 4.90 Å². The summed E-state index contributed by atoms with van der Waals surface area (Å²) in [5, 5.41) is 1.18. The zero-order valence-corrected chi connectivity index (χ0v) is 19.1. The molecule has 4 aromatic rings. The van der Waals surface area contributed by atoms with Gasteiger partial charge in [0.25, 0.3) is 5.91 Å². The molecule has 3 nitrogen and oxygen atoms in total. The first kappa shape index (κ1) is 19.8. The summed E-state index contributed by atoms with van der Waals surface area (Å²) in [6, 6.07) is 22.2. The number of rotatable bonds is 2. The maximum absolute atomic E-state index is 13.6. The summed E-state index contributed by atoms with van der Waals surface area (Å²) in [7, 11) is 0. The molecule has 0 unspecified atom stereocenters. The Morgan fingerprint density at radius 3 is 2.43 bits per heavy atom. The summed E-state index contributed by atoms with van der Waals surface area (Å²) >= 11 is 17.4. The van der Waals surface area contributed by atoms with Crippen LogP contribution in [-0.2, 0) is 0 Å². The third-order valence-electron chi connectivity index (χ3n) is 4.70. The van der Waals surface area contributed by atoms with Gasteiger partial charge in [-0.05, 0) is 76.6 Å². The van der Waals surface area contributed by atoms with E-state index in [1.807, 2.05) is 42.5 Å². The van der Waals surface area contributed by atoms with Gasteiger partial charge < -0.3 is 4.42 Å². The van der Waals surface area contributed by atoms with E-state index in [4.69, 9.17) is 27.6 Å². The van der Waals surface area contributed by atoms with E-state index in [0.29, 0.717) is 15.8 Å². The smallest absolute Gasteiger partial charge is 0.298 e. The minimum absolute atomic E-state index is 0.236. The largest absolute Gasteiger partial charge is 0.451 e. The van der Waals surface area contributed by atoms with E-state index in [9.17, 15) is 4.79 Å². The molecule has 0 bridgehead atoms. The van der Waals surface area contributed by atoms with E-state index in [-0.39, 0.29) is 11.7 Å². The van der Waals surface area contributed by atoms with E-state index in [1.54, 1.807) is 47.0 Å². The van der Waals surface area contributed by atoms with Crippen molar-refractivity contribution in [1.82, 2.24) is 0 Å². The molecule has 1 aliphatic rings. The summed E-state index contributed by atoms with van der Waals surface area (Å²) < 4.78 is 6.75. The number of furan rings is 1. The zero-order chi connectivity index (χ0) is 20.8. The van der Waals surface area contributed by atoms with Crippen molar-refractivity contribution in [1.29, 1.82) is 0 Å². The minimum Gasteiger partial charge on any atom is -0.451 e. The number of carbonyl (C=O) groups excluding carboxylic acids is 1. The lowest BCUT2D eigenvalue weighted by Crippen LogP contribution is -2.28. The first-order valence-electron chi connectivity index (χ1n) is 8.97. The van der Waals surface area contributed by atoms with Crippen LogP contribution in [0.1, 0.15) is 10.6 Å². The molecule has 0 radical (unpaired) electrons. The number of amides is 1. The first-order valence-corrected chi connectivity index (χ1v) is 11.3. The fraction of sp³-hybridized carbons (Fsp3) is 0. The van der Waals surface area contributed by atoms with Crippen LogP contribution in [0.2, 0.25) is 10.0 Å². The molecule has 0 N–H and O–H groups in total. The highest BCUT2D eigenvalue weighted by atomic mass is 79.9. The van der Waals surface area contributed by atoms with Gasteiger partial charge >= 0.3 is 0 Å². The first-order chi connectivity index (χ1) is 14.5. The summed E-state index contributed by atoms with van der Waals surface area (Å²) in [4.78, 5) is 17.2. The topological polar surface area (TPSA) is 33.5 Å². The predicted octanol–water partition coefficient (Wildman–Crippen LogP) is 8.46. The second-order valence-electron chi connectivity index (χ2n) is 6.61. The minimum atomic E-state index is -0.261. The van der Waals surface area contributed by atoms with Crippen molar-refractivity contribution in [2.75, 3.05) is 4.90 Å². The summed E-state index contributed by atoms with van der Waals surface area (Å²) in [5.74, 6) is 0.551. The molecule has 1 amide bonds. The zero-order valence-electron chi connectivity index (χ0n) is 15.2. The average Bonchev–Trinajstić information content (AvgIpc) is 3.21. The Morgan fingerprint density at radius 1 is 0.867 bits per heavy atom. The highest BCUT2D eigenvalue weighted by Crippen LogP contribution is 2.49. The highest BCUT2D eigenvalue weighted by Gasteiger charge is 2.31. The van der Waals surface area contributed by atoms with Crippen LogP contribution in [0.25, 0.3) is 11.3 Å². The molecule has 0 aliphatic carbocycles. The molecule has 0 fully saturated rings. The molecular formula is C23H12BrCl2NO2S. The van der Waals surface area contributed by atoms with Gasteiger partial charge in [0, 0.05) is 29.9 Å². The van der Waals surface area contributed by atoms with Gasteiger partial charge in [0.15, 0.2) is 5.76 Å². The van der Waals surface area contributed by atoms with Crippen molar-refractivity contribution >= 4 is 68.2 Å². The third-order valence-corrected chi connectivity index (χ3v) is 6.96. The lowest BCUT2D eigenvalue weighted by Gasteiger charge is -2.30. The van der Waals surface area contributed by atoms with Gasteiger partial charge in [0.1, 0.15) is 5.76 Å². The molecule has 1 aliphatic heterocycles. The molecule has 1 aromatic heterocycles. The molecule has 30 heavy (non-hydrogen) atoms. The molecule has 5 rings (SSSR count). The number of hydrogen-bond donors (Lipinski definition) is 0. The second kappa shape index (κ2) is 7.82. The Kier molecular flexibility index (Phi) is 5.15. The van der Waals surface area contributed by atoms with Crippen LogP contribution in [0.5, 0.6) is 0 Å². The monoisotopic (exact) mass is 515 g/mol. The van der Waals surface area contributed by atoms with Crippen LogP contribution >= 0.6 is 50.9 Å². The third kappa shape index (κ3) is 3.46. The fourth-order valence-electron chi connectivity index (χ4n) is 3.34. The fourth-order valence-corrected chi connectivity index (χ4v) is 5.43. The number of anilines is 2. The van der Waals surface area contributed by atoms with Gasteiger partial charge in [0.05, 0.1) is 11.4 Å². The normalized spacial score (nSPS) is 12.4. The molecular weight excluding hydrogens is 505 g/mol. The van der Waals surface area contributed by atoms with Crippen molar-refractivity contribution < 1.29 is 9.21 Å². The Hall–Kier alpha value is -2.18. The number of hydrogen-bond acceptors (Lipinski definition) is 3. The number of halogens is 3. The van der Waals surface area contributed by atoms with Crippen LogP contribution in [0, 0.1) is 0 Å². The van der Waals surface area contributed by atoms with Crippen molar-refractivity contribution in [2.45, 2.75) is 9.79 Å². The lowest BCUT2D eigenvalue weighted by molar-refractivity contribution is 0.0972. The molecule has 3 aromatic carbocycles. The standard InChI is InChI=1S/C23H12BrCl2NO2S/c24-16-11-13(25)5-7-15(16)19-8-9-20(29-19)23(28)27-17-3-1-2-4-21(17)30-22-10-6-14(26)12-18(22)27/h1-12H. The Bertz CT molecular complexity index is 1300. The average molecular weight is 517 g/mol. The second-order valence-corrected chi connectivity index (χ2v) is 9.42. The van der Waals surface area contributed by atoms with Gasteiger partial charge in [-0.2, -0.15) is 0 Å². The van der Waals surface area contributed by atoms with Gasteiger partial charge in [-0.25, -0.2) is 0 Å². The van der Waals surface area contributed by atoms with Crippen molar-refractivity contribution in [2.24, 2.45) is 0 Å². The molecule has 0 spiro atoms. The SMILES string of the molecule is O=C(c1ccc(-c2ccc(Cl)cc2Br)o1)N1c2ccccc2Sc2ccc(Cl)cc21. The summed E-state index contributed by atoms with van der Waals surface area (Å²) in [5.41, 5.74) is 2.35. The van der Waals surface area contributed by atoms with Crippen LogP contribution in [0.3, 0.4) is 0 Å². The number of nitrogens with zero attached hydrogens (tertiary/aromatic N) is 1. The Morgan fingerprint density at radius 2 is 1.60 bits per heavy atom. The molecule has 0 saturated heterocycles. The van der Waals surface area contributed by atoms with E-state index >= 15 is 0 Å². The van der Waals surface area contributed by atoms with E-state index < -0.39 is 0 Å². The number of fused-ring (bicyclic) bond motifs is 2. The Labute approximate surface area is 195 Å². The van der Waals surface area contributed by atoms with Crippen molar-refractivity contribution in [3.63, 3.8) is 0 Å². The predicted molar refractivity (Wildman–Crippen MR) is 125 cm³/mol. The van der Waals surface area contributed by atoms with E-state index in [2.05, 4.69) is 15.9 Å². The van der Waals surface area contributed by atoms with Crippen molar-refractivity contribution in [3.8, 4) is 11.3 Å².